The number of nitrogens with one attached hydrogen (secondary N) is 1. The van der Waals surface area contributed by atoms with Gasteiger partial charge >= 0.3 is 5.97 Å². The fourth-order valence-electron chi connectivity index (χ4n) is 1.37. The number of carboxylic acids is 1. The van der Waals surface area contributed by atoms with Crippen molar-refractivity contribution in [3.63, 3.8) is 0 Å². The number of aliphatic carboxylic acids is 1. The van der Waals surface area contributed by atoms with E-state index in [9.17, 15) is 4.79 Å². The fraction of sp³-hybridized carbons (Fsp3) is 0.625. The highest BCUT2D eigenvalue weighted by molar-refractivity contribution is 5.73. The van der Waals surface area contributed by atoms with Gasteiger partial charge in [0, 0.05) is 6.54 Å². The quantitative estimate of drug-likeness (QED) is 0.575. The third-order valence-corrected chi connectivity index (χ3v) is 1.93. The first-order valence-corrected chi connectivity index (χ1v) is 3.83. The Labute approximate surface area is 66.1 Å². The third-order valence-electron chi connectivity index (χ3n) is 1.93. The number of hydrogen-bond donors (Lipinski definition) is 2. The van der Waals surface area contributed by atoms with E-state index in [-0.39, 0.29) is 6.04 Å². The molecule has 62 valence electrons. The van der Waals surface area contributed by atoms with Crippen molar-refractivity contribution in [2.24, 2.45) is 5.92 Å². The standard InChI is InChI=1S/C8H13NO2/c1-2-3-6-4-7(8(10)11)9-5-6/h2-3,6-7,9H,4-5H2,1H3,(H,10,11)/b3-2-/t6?,7-/m0/s1. The van der Waals surface area contributed by atoms with Crippen LogP contribution >= 0.6 is 0 Å². The number of hydrogen-bond acceptors (Lipinski definition) is 2. The third kappa shape index (κ3) is 2.05. The van der Waals surface area contributed by atoms with Gasteiger partial charge in [0.15, 0.2) is 0 Å². The first-order chi connectivity index (χ1) is 5.24. The summed E-state index contributed by atoms with van der Waals surface area (Å²) in [5.41, 5.74) is 0. The van der Waals surface area contributed by atoms with Crippen LogP contribution < -0.4 is 5.32 Å². The van der Waals surface area contributed by atoms with Gasteiger partial charge in [0.2, 0.25) is 0 Å². The van der Waals surface area contributed by atoms with Gasteiger partial charge in [-0.15, -0.1) is 0 Å². The Balaban J connectivity index is 2.40. The van der Waals surface area contributed by atoms with Gasteiger partial charge in [-0.2, -0.15) is 0 Å². The van der Waals surface area contributed by atoms with E-state index in [0.717, 1.165) is 13.0 Å². The van der Waals surface area contributed by atoms with Crippen LogP contribution in [-0.2, 0) is 4.79 Å². The molecule has 1 heterocycles. The van der Waals surface area contributed by atoms with Crippen LogP contribution in [0, 0.1) is 5.92 Å². The Morgan fingerprint density at radius 1 is 1.73 bits per heavy atom. The molecule has 2 N–H and O–H groups in total. The molecule has 1 unspecified atom stereocenters. The van der Waals surface area contributed by atoms with Crippen molar-refractivity contribution in [2.75, 3.05) is 6.54 Å². The Morgan fingerprint density at radius 2 is 2.45 bits per heavy atom. The summed E-state index contributed by atoms with van der Waals surface area (Å²) in [5, 5.41) is 11.6. The molecule has 0 spiro atoms. The Hall–Kier alpha value is -0.830. The normalized spacial score (nSPS) is 31.4. The fourth-order valence-corrected chi connectivity index (χ4v) is 1.37. The summed E-state index contributed by atoms with van der Waals surface area (Å²) in [6.45, 7) is 2.75. The number of carbonyl (C=O) groups is 1. The Morgan fingerprint density at radius 3 is 2.91 bits per heavy atom. The van der Waals surface area contributed by atoms with Crippen molar-refractivity contribution in [2.45, 2.75) is 19.4 Å². The minimum absolute atomic E-state index is 0.337. The van der Waals surface area contributed by atoms with E-state index in [1.807, 2.05) is 13.0 Å². The molecule has 0 aromatic heterocycles. The minimum atomic E-state index is -0.739. The van der Waals surface area contributed by atoms with Crippen LogP contribution in [0.15, 0.2) is 12.2 Å². The monoisotopic (exact) mass is 155 g/mol. The summed E-state index contributed by atoms with van der Waals surface area (Å²) < 4.78 is 0. The van der Waals surface area contributed by atoms with E-state index in [1.165, 1.54) is 0 Å². The zero-order valence-corrected chi connectivity index (χ0v) is 6.58. The molecule has 2 atom stereocenters. The first-order valence-electron chi connectivity index (χ1n) is 3.83. The van der Waals surface area contributed by atoms with Crippen molar-refractivity contribution >= 4 is 5.97 Å². The SMILES string of the molecule is C/C=C\C1CN[C@H](C(=O)O)C1. The summed E-state index contributed by atoms with van der Waals surface area (Å²) in [6.07, 6.45) is 4.74. The second-order valence-corrected chi connectivity index (χ2v) is 2.82. The molecule has 1 aliphatic rings. The van der Waals surface area contributed by atoms with Crippen molar-refractivity contribution in [3.05, 3.63) is 12.2 Å². The topological polar surface area (TPSA) is 49.3 Å². The van der Waals surface area contributed by atoms with Gasteiger partial charge in [-0.25, -0.2) is 0 Å². The van der Waals surface area contributed by atoms with Crippen LogP contribution in [0.25, 0.3) is 0 Å². The largest absolute Gasteiger partial charge is 0.480 e. The van der Waals surface area contributed by atoms with E-state index >= 15 is 0 Å². The predicted molar refractivity (Wildman–Crippen MR) is 42.3 cm³/mol. The molecular weight excluding hydrogens is 142 g/mol. The van der Waals surface area contributed by atoms with Crippen LogP contribution in [0.1, 0.15) is 13.3 Å². The summed E-state index contributed by atoms with van der Waals surface area (Å²) in [4.78, 5) is 10.5. The second-order valence-electron chi connectivity index (χ2n) is 2.82. The van der Waals surface area contributed by atoms with Crippen molar-refractivity contribution in [3.8, 4) is 0 Å². The molecule has 0 aliphatic carbocycles. The number of allylic oxidation sites excluding steroid dienone is 1. The molecular formula is C8H13NO2. The van der Waals surface area contributed by atoms with Gasteiger partial charge in [-0.3, -0.25) is 4.79 Å². The lowest BCUT2D eigenvalue weighted by Crippen LogP contribution is -2.29. The summed E-state index contributed by atoms with van der Waals surface area (Å²) >= 11 is 0. The molecule has 1 fully saturated rings. The number of rotatable bonds is 2. The molecule has 1 rings (SSSR count). The maximum Gasteiger partial charge on any atom is 0.320 e. The Kier molecular flexibility index (Phi) is 2.65. The lowest BCUT2D eigenvalue weighted by molar-refractivity contribution is -0.139. The first kappa shape index (κ1) is 8.27. The molecule has 0 amide bonds. The van der Waals surface area contributed by atoms with Gasteiger partial charge in [0.1, 0.15) is 6.04 Å². The number of carboxylic acid groups (broad SMARTS) is 1. The van der Waals surface area contributed by atoms with Crippen LogP contribution in [0.2, 0.25) is 0 Å². The zero-order valence-electron chi connectivity index (χ0n) is 6.58. The molecule has 1 aliphatic heterocycles. The van der Waals surface area contributed by atoms with Crippen molar-refractivity contribution in [1.82, 2.24) is 5.32 Å². The van der Waals surface area contributed by atoms with Crippen molar-refractivity contribution < 1.29 is 9.90 Å². The molecule has 0 aromatic rings. The molecule has 0 aromatic carbocycles. The zero-order chi connectivity index (χ0) is 8.27. The second kappa shape index (κ2) is 3.53. The minimum Gasteiger partial charge on any atom is -0.480 e. The maximum absolute atomic E-state index is 10.5. The van der Waals surface area contributed by atoms with E-state index in [4.69, 9.17) is 5.11 Å². The van der Waals surface area contributed by atoms with Gasteiger partial charge in [0.05, 0.1) is 0 Å². The lowest BCUT2D eigenvalue weighted by Gasteiger charge is -2.00. The lowest BCUT2D eigenvalue weighted by atomic mass is 10.1. The van der Waals surface area contributed by atoms with Crippen LogP contribution in [0.5, 0.6) is 0 Å². The van der Waals surface area contributed by atoms with E-state index in [1.54, 1.807) is 0 Å². The smallest absolute Gasteiger partial charge is 0.320 e. The van der Waals surface area contributed by atoms with Crippen LogP contribution in [0.3, 0.4) is 0 Å². The van der Waals surface area contributed by atoms with Gasteiger partial charge in [-0.05, 0) is 19.3 Å². The highest BCUT2D eigenvalue weighted by Crippen LogP contribution is 2.14. The van der Waals surface area contributed by atoms with E-state index < -0.39 is 5.97 Å². The van der Waals surface area contributed by atoms with Gasteiger partial charge < -0.3 is 10.4 Å². The molecule has 0 saturated carbocycles. The highest BCUT2D eigenvalue weighted by atomic mass is 16.4. The highest BCUT2D eigenvalue weighted by Gasteiger charge is 2.26. The van der Waals surface area contributed by atoms with Crippen LogP contribution in [-0.4, -0.2) is 23.7 Å². The Bertz CT molecular complexity index is 177. The molecule has 3 heteroatoms. The summed E-state index contributed by atoms with van der Waals surface area (Å²) in [6, 6.07) is -0.337. The van der Waals surface area contributed by atoms with Crippen LogP contribution in [0.4, 0.5) is 0 Å². The summed E-state index contributed by atoms with van der Waals surface area (Å²) in [5.74, 6) is -0.335. The molecule has 0 radical (unpaired) electrons. The molecule has 11 heavy (non-hydrogen) atoms. The van der Waals surface area contributed by atoms with Gasteiger partial charge in [0.25, 0.3) is 0 Å². The molecule has 1 saturated heterocycles. The van der Waals surface area contributed by atoms with Gasteiger partial charge in [-0.1, -0.05) is 12.2 Å². The molecule has 3 nitrogen and oxygen atoms in total. The molecule has 0 bridgehead atoms. The maximum atomic E-state index is 10.5. The average Bonchev–Trinajstić information content (AvgIpc) is 2.37. The average molecular weight is 155 g/mol. The van der Waals surface area contributed by atoms with E-state index in [0.29, 0.717) is 5.92 Å². The van der Waals surface area contributed by atoms with Crippen molar-refractivity contribution in [1.29, 1.82) is 0 Å². The predicted octanol–water partition coefficient (Wildman–Crippen LogP) is 0.625. The van der Waals surface area contributed by atoms with E-state index in [2.05, 4.69) is 11.4 Å². The summed E-state index contributed by atoms with van der Waals surface area (Å²) in [7, 11) is 0.